The Labute approximate surface area is 83.8 Å². The molecule has 0 aliphatic carbocycles. The normalized spacial score (nSPS) is 31.6. The lowest BCUT2D eigenvalue weighted by atomic mass is 10.2. The van der Waals surface area contributed by atoms with E-state index in [-0.39, 0.29) is 23.8 Å². The maximum absolute atomic E-state index is 12.0. The molecule has 0 bridgehead atoms. The lowest BCUT2D eigenvalue weighted by Gasteiger charge is -2.14. The lowest BCUT2D eigenvalue weighted by Crippen LogP contribution is -2.01. The highest BCUT2D eigenvalue weighted by Crippen LogP contribution is 2.61. The second-order valence-corrected chi connectivity index (χ2v) is 5.02. The molecule has 0 amide bonds. The minimum Gasteiger partial charge on any atom is -0.305 e. The van der Waals surface area contributed by atoms with Gasteiger partial charge in [-0.05, 0) is 26.3 Å². The van der Waals surface area contributed by atoms with E-state index in [0.29, 0.717) is 6.42 Å². The molecule has 1 aliphatic rings. The van der Waals surface area contributed by atoms with Gasteiger partial charge in [0, 0.05) is 0 Å². The van der Waals surface area contributed by atoms with Crippen molar-refractivity contribution >= 4 is 13.4 Å². The van der Waals surface area contributed by atoms with Crippen molar-refractivity contribution in [1.29, 1.82) is 0 Å². The summed E-state index contributed by atoms with van der Waals surface area (Å²) in [6, 6.07) is 0. The van der Waals surface area contributed by atoms with Crippen LogP contribution in [-0.2, 0) is 18.4 Å². The Morgan fingerprint density at radius 1 is 1.64 bits per heavy atom. The third kappa shape index (κ3) is 2.14. The van der Waals surface area contributed by atoms with Crippen LogP contribution in [0.25, 0.3) is 0 Å². The van der Waals surface area contributed by atoms with Crippen molar-refractivity contribution in [1.82, 2.24) is 0 Å². The molecule has 0 aromatic heterocycles. The van der Waals surface area contributed by atoms with E-state index in [0.717, 1.165) is 0 Å². The maximum atomic E-state index is 12.0. The Morgan fingerprint density at radius 2 is 2.29 bits per heavy atom. The maximum Gasteiger partial charge on any atom is 0.365 e. The zero-order chi connectivity index (χ0) is 10.8. The molecule has 80 valence electrons. The van der Waals surface area contributed by atoms with Crippen molar-refractivity contribution in [3.8, 4) is 0 Å². The van der Waals surface area contributed by atoms with Crippen LogP contribution >= 0.6 is 7.60 Å². The Bertz CT molecular complexity index is 308. The molecule has 0 spiro atoms. The molecule has 0 fully saturated rings. The summed E-state index contributed by atoms with van der Waals surface area (Å²) in [6.45, 7) is 5.28. The standard InChI is InChI=1S/C9H15O4P/c1-4-8-6-9(7(3)10)14(11,13-8)12-5-2/h6,8H,4-5H2,1-3H3/t8-,14-/m1/s1. The number of hydrogen-bond acceptors (Lipinski definition) is 4. The van der Waals surface area contributed by atoms with Crippen LogP contribution in [0.2, 0.25) is 0 Å². The van der Waals surface area contributed by atoms with E-state index in [9.17, 15) is 9.36 Å². The molecule has 1 heterocycles. The van der Waals surface area contributed by atoms with E-state index in [1.54, 1.807) is 13.0 Å². The van der Waals surface area contributed by atoms with Crippen LogP contribution in [0.15, 0.2) is 11.4 Å². The van der Waals surface area contributed by atoms with Gasteiger partial charge in [0.1, 0.15) is 5.31 Å². The SMILES string of the molecule is CCO[P@@]1(=O)O[C@H](CC)C=C1C(C)=O. The number of rotatable bonds is 4. The molecule has 0 saturated heterocycles. The van der Waals surface area contributed by atoms with Gasteiger partial charge < -0.3 is 4.52 Å². The third-order valence-corrected chi connectivity index (χ3v) is 4.18. The van der Waals surface area contributed by atoms with Crippen LogP contribution < -0.4 is 0 Å². The van der Waals surface area contributed by atoms with Gasteiger partial charge in [-0.3, -0.25) is 13.9 Å². The van der Waals surface area contributed by atoms with Gasteiger partial charge >= 0.3 is 7.60 Å². The number of carbonyl (C=O) groups is 1. The summed E-state index contributed by atoms with van der Waals surface area (Å²) in [7, 11) is -3.30. The Kier molecular flexibility index (Phi) is 3.65. The van der Waals surface area contributed by atoms with Gasteiger partial charge in [0.2, 0.25) is 0 Å². The zero-order valence-electron chi connectivity index (χ0n) is 8.65. The van der Waals surface area contributed by atoms with Gasteiger partial charge in [-0.2, -0.15) is 0 Å². The zero-order valence-corrected chi connectivity index (χ0v) is 9.54. The first-order valence-electron chi connectivity index (χ1n) is 4.69. The minimum absolute atomic E-state index is 0.200. The summed E-state index contributed by atoms with van der Waals surface area (Å²) in [4.78, 5) is 11.2. The molecule has 5 heteroatoms. The predicted molar refractivity (Wildman–Crippen MR) is 53.2 cm³/mol. The largest absolute Gasteiger partial charge is 0.365 e. The van der Waals surface area contributed by atoms with E-state index >= 15 is 0 Å². The van der Waals surface area contributed by atoms with Crippen molar-refractivity contribution in [3.63, 3.8) is 0 Å². The van der Waals surface area contributed by atoms with Gasteiger partial charge in [0.15, 0.2) is 5.78 Å². The molecule has 0 unspecified atom stereocenters. The molecule has 1 aliphatic heterocycles. The molecule has 0 N–H and O–H groups in total. The molecule has 1 rings (SSSR count). The van der Waals surface area contributed by atoms with E-state index in [1.165, 1.54) is 6.92 Å². The van der Waals surface area contributed by atoms with Crippen molar-refractivity contribution in [2.24, 2.45) is 0 Å². The quantitative estimate of drug-likeness (QED) is 0.680. The highest BCUT2D eigenvalue weighted by atomic mass is 31.2. The molecule has 0 aromatic carbocycles. The summed E-state index contributed by atoms with van der Waals surface area (Å²) in [6.07, 6.45) is 2.04. The summed E-state index contributed by atoms with van der Waals surface area (Å²) in [5.74, 6) is -0.238. The van der Waals surface area contributed by atoms with Crippen LogP contribution in [-0.4, -0.2) is 18.5 Å². The molecule has 2 atom stereocenters. The van der Waals surface area contributed by atoms with Gasteiger partial charge in [0.25, 0.3) is 0 Å². The minimum atomic E-state index is -3.30. The number of hydrogen-bond donors (Lipinski definition) is 0. The van der Waals surface area contributed by atoms with Crippen molar-refractivity contribution < 1.29 is 18.4 Å². The Hall–Kier alpha value is -0.440. The third-order valence-electron chi connectivity index (χ3n) is 1.98. The molecule has 0 saturated carbocycles. The van der Waals surface area contributed by atoms with Gasteiger partial charge in [-0.15, -0.1) is 0 Å². The highest BCUT2D eigenvalue weighted by Gasteiger charge is 2.40. The van der Waals surface area contributed by atoms with Crippen LogP contribution in [0.3, 0.4) is 0 Å². The fourth-order valence-electron chi connectivity index (χ4n) is 1.31. The summed E-state index contributed by atoms with van der Waals surface area (Å²) in [5, 5.41) is 0.200. The fraction of sp³-hybridized carbons (Fsp3) is 0.667. The van der Waals surface area contributed by atoms with E-state index < -0.39 is 7.60 Å². The van der Waals surface area contributed by atoms with Crippen LogP contribution in [0.4, 0.5) is 0 Å². The lowest BCUT2D eigenvalue weighted by molar-refractivity contribution is -0.113. The number of Topliss-reactive ketones (excluding diaryl/α,β-unsaturated/α-hetero) is 1. The summed E-state index contributed by atoms with van der Waals surface area (Å²) < 4.78 is 22.3. The first-order valence-corrected chi connectivity index (χ1v) is 6.24. The van der Waals surface area contributed by atoms with Crippen molar-refractivity contribution in [2.45, 2.75) is 33.3 Å². The molecular weight excluding hydrogens is 203 g/mol. The first kappa shape index (κ1) is 11.6. The molecule has 4 nitrogen and oxygen atoms in total. The second kappa shape index (κ2) is 4.39. The molecular formula is C9H15O4P. The van der Waals surface area contributed by atoms with Crippen LogP contribution in [0.5, 0.6) is 0 Å². The fourth-order valence-corrected chi connectivity index (χ4v) is 3.26. The number of allylic oxidation sites excluding steroid dienone is 1. The monoisotopic (exact) mass is 218 g/mol. The van der Waals surface area contributed by atoms with Gasteiger partial charge in [-0.25, -0.2) is 0 Å². The van der Waals surface area contributed by atoms with Crippen LogP contribution in [0, 0.1) is 0 Å². The average molecular weight is 218 g/mol. The van der Waals surface area contributed by atoms with Crippen molar-refractivity contribution in [3.05, 3.63) is 11.4 Å². The summed E-state index contributed by atoms with van der Waals surface area (Å²) >= 11 is 0. The van der Waals surface area contributed by atoms with Crippen LogP contribution in [0.1, 0.15) is 27.2 Å². The highest BCUT2D eigenvalue weighted by molar-refractivity contribution is 7.60. The van der Waals surface area contributed by atoms with E-state index in [4.69, 9.17) is 9.05 Å². The Morgan fingerprint density at radius 3 is 2.71 bits per heavy atom. The van der Waals surface area contributed by atoms with Gasteiger partial charge in [0.05, 0.1) is 12.7 Å². The van der Waals surface area contributed by atoms with E-state index in [1.807, 2.05) is 6.92 Å². The Balaban J connectivity index is 2.94. The predicted octanol–water partition coefficient (Wildman–Crippen LogP) is 2.50. The summed E-state index contributed by atoms with van der Waals surface area (Å²) in [5.41, 5.74) is 0. The second-order valence-electron chi connectivity index (χ2n) is 3.08. The number of carbonyl (C=O) groups excluding carboxylic acids is 1. The smallest absolute Gasteiger partial charge is 0.305 e. The van der Waals surface area contributed by atoms with Crippen molar-refractivity contribution in [2.75, 3.05) is 6.61 Å². The molecule has 0 aromatic rings. The topological polar surface area (TPSA) is 52.6 Å². The van der Waals surface area contributed by atoms with Gasteiger partial charge in [-0.1, -0.05) is 6.92 Å². The first-order chi connectivity index (χ1) is 6.53. The molecule has 0 radical (unpaired) electrons. The molecule has 14 heavy (non-hydrogen) atoms. The van der Waals surface area contributed by atoms with E-state index in [2.05, 4.69) is 0 Å². The number of ketones is 1. The average Bonchev–Trinajstić information content (AvgIpc) is 2.43.